The number of furan rings is 1. The summed E-state index contributed by atoms with van der Waals surface area (Å²) in [5.74, 6) is 0. The van der Waals surface area contributed by atoms with E-state index in [1.807, 2.05) is 18.2 Å². The Labute approximate surface area is 117 Å². The van der Waals surface area contributed by atoms with E-state index < -0.39 is 0 Å². The van der Waals surface area contributed by atoms with Crippen LogP contribution in [0.3, 0.4) is 0 Å². The van der Waals surface area contributed by atoms with Gasteiger partial charge < -0.3 is 8.98 Å². The zero-order chi connectivity index (χ0) is 13.7. The van der Waals surface area contributed by atoms with E-state index in [4.69, 9.17) is 4.42 Å². The number of aromatic nitrogens is 1. The van der Waals surface area contributed by atoms with Gasteiger partial charge in [0.05, 0.1) is 5.69 Å². The van der Waals surface area contributed by atoms with Gasteiger partial charge in [-0.05, 0) is 13.0 Å². The Balaban J connectivity index is 2.19. The summed E-state index contributed by atoms with van der Waals surface area (Å²) in [5.41, 5.74) is 5.51. The van der Waals surface area contributed by atoms with Crippen LogP contribution in [0.4, 0.5) is 0 Å². The maximum atomic E-state index is 6.12. The third-order valence-electron chi connectivity index (χ3n) is 4.06. The van der Waals surface area contributed by atoms with Crippen LogP contribution in [-0.4, -0.2) is 4.57 Å². The average Bonchev–Trinajstić information content (AvgIpc) is 2.96. The smallest absolute Gasteiger partial charge is 0.161 e. The van der Waals surface area contributed by atoms with E-state index in [1.54, 1.807) is 0 Å². The molecule has 2 nitrogen and oxygen atoms in total. The number of benzene rings is 2. The molecule has 2 heteroatoms. The van der Waals surface area contributed by atoms with E-state index in [9.17, 15) is 0 Å². The van der Waals surface area contributed by atoms with Crippen LogP contribution < -0.4 is 0 Å². The molecule has 0 fully saturated rings. The standard InChI is InChI=1S/C18H15NO/c1-12-16-14-10-6-7-11-15(14)20-18(16)17(19(12)2)13-8-4-3-5-9-13/h3-11H,1-2H3. The molecular formula is C18H15NO. The van der Waals surface area contributed by atoms with Crippen LogP contribution in [-0.2, 0) is 7.05 Å². The van der Waals surface area contributed by atoms with E-state index >= 15 is 0 Å². The van der Waals surface area contributed by atoms with Gasteiger partial charge in [-0.3, -0.25) is 0 Å². The molecule has 2 heterocycles. The van der Waals surface area contributed by atoms with Gasteiger partial charge in [0, 0.05) is 29.1 Å². The van der Waals surface area contributed by atoms with Crippen molar-refractivity contribution in [2.45, 2.75) is 6.92 Å². The van der Waals surface area contributed by atoms with Crippen LogP contribution in [0.2, 0.25) is 0 Å². The molecule has 0 N–H and O–H groups in total. The van der Waals surface area contributed by atoms with Crippen molar-refractivity contribution in [2.24, 2.45) is 7.05 Å². The molecule has 0 radical (unpaired) electrons. The highest BCUT2D eigenvalue weighted by Crippen LogP contribution is 2.39. The molecule has 0 saturated carbocycles. The lowest BCUT2D eigenvalue weighted by atomic mass is 10.1. The Hall–Kier alpha value is -2.48. The molecule has 0 aliphatic carbocycles. The maximum absolute atomic E-state index is 6.12. The molecule has 0 aliphatic heterocycles. The number of fused-ring (bicyclic) bond motifs is 3. The predicted octanol–water partition coefficient (Wildman–Crippen LogP) is 4.90. The average molecular weight is 261 g/mol. The second-order valence-corrected chi connectivity index (χ2v) is 5.16. The van der Waals surface area contributed by atoms with Crippen molar-refractivity contribution in [3.63, 3.8) is 0 Å². The van der Waals surface area contributed by atoms with Gasteiger partial charge in [0.15, 0.2) is 5.58 Å². The molecule has 20 heavy (non-hydrogen) atoms. The largest absolute Gasteiger partial charge is 0.454 e. The van der Waals surface area contributed by atoms with Gasteiger partial charge in [-0.2, -0.15) is 0 Å². The van der Waals surface area contributed by atoms with Crippen molar-refractivity contribution < 1.29 is 4.42 Å². The molecule has 0 atom stereocenters. The van der Waals surface area contributed by atoms with E-state index in [0.717, 1.165) is 16.9 Å². The Morgan fingerprint density at radius 1 is 0.900 bits per heavy atom. The van der Waals surface area contributed by atoms with Crippen LogP contribution in [0.5, 0.6) is 0 Å². The van der Waals surface area contributed by atoms with Gasteiger partial charge in [0.1, 0.15) is 5.58 Å². The monoisotopic (exact) mass is 261 g/mol. The Morgan fingerprint density at radius 2 is 1.60 bits per heavy atom. The van der Waals surface area contributed by atoms with Gasteiger partial charge >= 0.3 is 0 Å². The third-order valence-corrected chi connectivity index (χ3v) is 4.06. The van der Waals surface area contributed by atoms with Crippen LogP contribution >= 0.6 is 0 Å². The second-order valence-electron chi connectivity index (χ2n) is 5.16. The molecule has 2 aromatic carbocycles. The minimum atomic E-state index is 0.957. The zero-order valence-corrected chi connectivity index (χ0v) is 11.6. The van der Waals surface area contributed by atoms with Gasteiger partial charge in [0.25, 0.3) is 0 Å². The topological polar surface area (TPSA) is 18.1 Å². The van der Waals surface area contributed by atoms with Crippen LogP contribution in [0.15, 0.2) is 59.0 Å². The summed E-state index contributed by atoms with van der Waals surface area (Å²) < 4.78 is 8.34. The summed E-state index contributed by atoms with van der Waals surface area (Å²) in [6.45, 7) is 2.15. The molecule has 2 aromatic heterocycles. The highest BCUT2D eigenvalue weighted by Gasteiger charge is 2.19. The molecule has 0 amide bonds. The van der Waals surface area contributed by atoms with Crippen LogP contribution in [0, 0.1) is 6.92 Å². The molecular weight excluding hydrogens is 246 g/mol. The molecule has 0 bridgehead atoms. The SMILES string of the molecule is Cc1c2c(oc3ccccc32)c(-c2ccccc2)n1C. The molecule has 4 rings (SSSR count). The lowest BCUT2D eigenvalue weighted by Gasteiger charge is -2.05. The van der Waals surface area contributed by atoms with Crippen molar-refractivity contribution in [3.05, 3.63) is 60.3 Å². The zero-order valence-electron chi connectivity index (χ0n) is 11.6. The highest BCUT2D eigenvalue weighted by molar-refractivity contribution is 6.11. The van der Waals surface area contributed by atoms with Gasteiger partial charge in [0.2, 0.25) is 0 Å². The van der Waals surface area contributed by atoms with Crippen molar-refractivity contribution in [1.29, 1.82) is 0 Å². The maximum Gasteiger partial charge on any atom is 0.161 e. The highest BCUT2D eigenvalue weighted by atomic mass is 16.3. The van der Waals surface area contributed by atoms with Crippen molar-refractivity contribution in [1.82, 2.24) is 4.57 Å². The molecule has 0 saturated heterocycles. The van der Waals surface area contributed by atoms with Crippen LogP contribution in [0.25, 0.3) is 33.2 Å². The van der Waals surface area contributed by atoms with Gasteiger partial charge in [-0.15, -0.1) is 0 Å². The molecule has 0 aliphatic rings. The minimum Gasteiger partial charge on any atom is -0.454 e. The first-order valence-electron chi connectivity index (χ1n) is 6.79. The quantitative estimate of drug-likeness (QED) is 0.476. The first kappa shape index (κ1) is 11.4. The number of rotatable bonds is 1. The fourth-order valence-electron chi connectivity index (χ4n) is 2.98. The fourth-order valence-corrected chi connectivity index (χ4v) is 2.98. The van der Waals surface area contributed by atoms with Crippen molar-refractivity contribution >= 4 is 21.9 Å². The van der Waals surface area contributed by atoms with E-state index in [1.165, 1.54) is 22.0 Å². The van der Waals surface area contributed by atoms with Crippen molar-refractivity contribution in [2.75, 3.05) is 0 Å². The molecule has 0 unspecified atom stereocenters. The number of aryl methyl sites for hydroxylation is 1. The lowest BCUT2D eigenvalue weighted by Crippen LogP contribution is -1.94. The van der Waals surface area contributed by atoms with E-state index in [0.29, 0.717) is 0 Å². The number of nitrogens with zero attached hydrogens (tertiary/aromatic N) is 1. The Kier molecular flexibility index (Phi) is 2.27. The van der Waals surface area contributed by atoms with Crippen LogP contribution in [0.1, 0.15) is 5.69 Å². The van der Waals surface area contributed by atoms with Gasteiger partial charge in [-0.1, -0.05) is 48.5 Å². The third kappa shape index (κ3) is 1.39. The summed E-state index contributed by atoms with van der Waals surface area (Å²) in [5, 5.41) is 2.42. The first-order valence-corrected chi connectivity index (χ1v) is 6.79. The van der Waals surface area contributed by atoms with E-state index in [2.05, 4.69) is 54.9 Å². The summed E-state index contributed by atoms with van der Waals surface area (Å²) >= 11 is 0. The molecule has 0 spiro atoms. The normalized spacial score (nSPS) is 11.5. The van der Waals surface area contributed by atoms with Crippen molar-refractivity contribution in [3.8, 4) is 11.3 Å². The summed E-state index contributed by atoms with van der Waals surface area (Å²) in [4.78, 5) is 0. The second kappa shape index (κ2) is 4.01. The minimum absolute atomic E-state index is 0.957. The number of hydrogen-bond acceptors (Lipinski definition) is 1. The Morgan fingerprint density at radius 3 is 2.40 bits per heavy atom. The van der Waals surface area contributed by atoms with E-state index in [-0.39, 0.29) is 0 Å². The van der Waals surface area contributed by atoms with Gasteiger partial charge in [-0.25, -0.2) is 0 Å². The first-order chi connectivity index (χ1) is 9.77. The number of hydrogen-bond donors (Lipinski definition) is 0. The predicted molar refractivity (Wildman–Crippen MR) is 82.9 cm³/mol. The number of para-hydroxylation sites is 1. The molecule has 4 aromatic rings. The lowest BCUT2D eigenvalue weighted by molar-refractivity contribution is 0.667. The summed E-state index contributed by atoms with van der Waals surface area (Å²) in [7, 11) is 2.10. The fraction of sp³-hybridized carbons (Fsp3) is 0.111. The molecule has 98 valence electrons. The Bertz CT molecular complexity index is 913. The summed E-state index contributed by atoms with van der Waals surface area (Å²) in [6.07, 6.45) is 0. The summed E-state index contributed by atoms with van der Waals surface area (Å²) in [6, 6.07) is 18.6.